The Labute approximate surface area is 176 Å². The van der Waals surface area contributed by atoms with Crippen molar-refractivity contribution < 1.29 is 9.47 Å². The normalized spacial score (nSPS) is 11.0. The summed E-state index contributed by atoms with van der Waals surface area (Å²) < 4.78 is 11.2. The molecule has 0 aliphatic heterocycles. The Morgan fingerprint density at radius 2 is 1.75 bits per heavy atom. The van der Waals surface area contributed by atoms with Crippen molar-refractivity contribution in [2.24, 2.45) is 0 Å². The number of methoxy groups -OCH3 is 1. The molecule has 2 aromatic heterocycles. The highest BCUT2D eigenvalue weighted by molar-refractivity contribution is 6.44. The van der Waals surface area contributed by atoms with E-state index in [1.807, 2.05) is 36.4 Å². The lowest BCUT2D eigenvalue weighted by molar-refractivity contribution is 0.297. The van der Waals surface area contributed by atoms with Gasteiger partial charge in [0, 0.05) is 17.3 Å². The second kappa shape index (κ2) is 7.87. The minimum atomic E-state index is 0.0859. The van der Waals surface area contributed by atoms with Gasteiger partial charge in [0.15, 0.2) is 0 Å². The van der Waals surface area contributed by atoms with Crippen LogP contribution < -0.4 is 9.47 Å². The Morgan fingerprint density at radius 1 is 0.964 bits per heavy atom. The Morgan fingerprint density at radius 3 is 2.50 bits per heavy atom. The lowest BCUT2D eigenvalue weighted by Gasteiger charge is -2.10. The summed E-state index contributed by atoms with van der Waals surface area (Å²) in [7, 11) is 1.62. The van der Waals surface area contributed by atoms with Gasteiger partial charge in [0.05, 0.1) is 22.5 Å². The maximum absolute atomic E-state index is 6.40. The van der Waals surface area contributed by atoms with E-state index in [9.17, 15) is 0 Å². The van der Waals surface area contributed by atoms with Crippen LogP contribution in [-0.4, -0.2) is 22.1 Å². The van der Waals surface area contributed by atoms with Gasteiger partial charge in [0.2, 0.25) is 11.2 Å². The molecule has 0 unspecified atom stereocenters. The summed E-state index contributed by atoms with van der Waals surface area (Å²) in [5.41, 5.74) is 3.04. The maximum Gasteiger partial charge on any atom is 0.228 e. The largest absolute Gasteiger partial charge is 0.497 e. The zero-order valence-corrected chi connectivity index (χ0v) is 16.9. The summed E-state index contributed by atoms with van der Waals surface area (Å²) >= 11 is 18.7. The van der Waals surface area contributed by atoms with Gasteiger partial charge in [-0.3, -0.25) is 0 Å². The van der Waals surface area contributed by atoms with Crippen LogP contribution in [-0.2, 0) is 6.61 Å². The quantitative estimate of drug-likeness (QED) is 0.381. The van der Waals surface area contributed by atoms with Gasteiger partial charge in [-0.2, -0.15) is 9.97 Å². The number of hydrogen-bond acceptors (Lipinski definition) is 4. The number of ether oxygens (including phenoxy) is 2. The van der Waals surface area contributed by atoms with E-state index in [4.69, 9.17) is 44.3 Å². The summed E-state index contributed by atoms with van der Waals surface area (Å²) in [6, 6.07) is 13.0. The fourth-order valence-corrected chi connectivity index (χ4v) is 3.44. The SMILES string of the molecule is COc1ccc(COc2nc(Cl)nc3[nH]cc(-c4cccc(Cl)c4Cl)c23)cc1. The first kappa shape index (κ1) is 18.9. The van der Waals surface area contributed by atoms with E-state index in [0.29, 0.717) is 33.6 Å². The number of benzene rings is 2. The predicted octanol–water partition coefficient (Wildman–Crippen LogP) is 6.17. The van der Waals surface area contributed by atoms with Crippen LogP contribution in [0.25, 0.3) is 22.2 Å². The highest BCUT2D eigenvalue weighted by atomic mass is 35.5. The van der Waals surface area contributed by atoms with Crippen molar-refractivity contribution in [1.82, 2.24) is 15.0 Å². The smallest absolute Gasteiger partial charge is 0.228 e. The molecular formula is C20H14Cl3N3O2. The molecule has 0 spiro atoms. The summed E-state index contributed by atoms with van der Waals surface area (Å²) in [4.78, 5) is 11.6. The number of aromatic nitrogens is 3. The van der Waals surface area contributed by atoms with Crippen LogP contribution in [0.2, 0.25) is 15.3 Å². The number of nitrogens with one attached hydrogen (secondary N) is 1. The van der Waals surface area contributed by atoms with E-state index in [0.717, 1.165) is 22.4 Å². The number of halogens is 3. The molecular weight excluding hydrogens is 421 g/mol. The molecule has 5 nitrogen and oxygen atoms in total. The van der Waals surface area contributed by atoms with Gasteiger partial charge in [0.1, 0.15) is 18.0 Å². The molecule has 4 rings (SSSR count). The minimum absolute atomic E-state index is 0.0859. The molecule has 142 valence electrons. The van der Waals surface area contributed by atoms with Crippen molar-refractivity contribution in [2.75, 3.05) is 7.11 Å². The average Bonchev–Trinajstić information content (AvgIpc) is 3.12. The average molecular weight is 435 g/mol. The van der Waals surface area contributed by atoms with Crippen molar-refractivity contribution in [3.05, 3.63) is 69.6 Å². The van der Waals surface area contributed by atoms with Crippen molar-refractivity contribution >= 4 is 45.8 Å². The molecule has 4 aromatic rings. The summed E-state index contributed by atoms with van der Waals surface area (Å²) in [5.74, 6) is 1.14. The van der Waals surface area contributed by atoms with Crippen molar-refractivity contribution in [3.63, 3.8) is 0 Å². The fourth-order valence-electron chi connectivity index (χ4n) is 2.88. The molecule has 0 aliphatic rings. The fraction of sp³-hybridized carbons (Fsp3) is 0.100. The first-order valence-corrected chi connectivity index (χ1v) is 9.45. The first-order valence-electron chi connectivity index (χ1n) is 8.31. The van der Waals surface area contributed by atoms with E-state index in [1.54, 1.807) is 19.4 Å². The molecule has 28 heavy (non-hydrogen) atoms. The molecule has 0 fully saturated rings. The zero-order chi connectivity index (χ0) is 19.7. The van der Waals surface area contributed by atoms with E-state index >= 15 is 0 Å². The van der Waals surface area contributed by atoms with E-state index in [-0.39, 0.29) is 5.28 Å². The van der Waals surface area contributed by atoms with Crippen molar-refractivity contribution in [3.8, 4) is 22.8 Å². The zero-order valence-electron chi connectivity index (χ0n) is 14.7. The summed E-state index contributed by atoms with van der Waals surface area (Å²) in [5, 5.41) is 1.68. The second-order valence-electron chi connectivity index (χ2n) is 5.96. The topological polar surface area (TPSA) is 60.0 Å². The standard InChI is InChI=1S/C20H14Cl3N3O2/c1-27-12-7-5-11(6-8-12)10-28-19-16-14(9-24-18(16)25-20(23)26-19)13-3-2-4-15(21)17(13)22/h2-9H,10H2,1H3,(H,24,25,26). The first-order chi connectivity index (χ1) is 13.6. The molecule has 0 bridgehead atoms. The van der Waals surface area contributed by atoms with Gasteiger partial charge in [-0.1, -0.05) is 47.5 Å². The number of aromatic amines is 1. The Bertz CT molecular complexity index is 1140. The van der Waals surface area contributed by atoms with Crippen LogP contribution in [0.1, 0.15) is 5.56 Å². The molecule has 0 saturated carbocycles. The number of fused-ring (bicyclic) bond motifs is 1. The van der Waals surface area contributed by atoms with Crippen molar-refractivity contribution in [1.29, 1.82) is 0 Å². The third-order valence-corrected chi connectivity index (χ3v) is 5.24. The van der Waals surface area contributed by atoms with Gasteiger partial charge in [-0.05, 0) is 35.4 Å². The number of H-pyrrole nitrogens is 1. The van der Waals surface area contributed by atoms with Crippen molar-refractivity contribution in [2.45, 2.75) is 6.61 Å². The van der Waals surface area contributed by atoms with Crippen LogP contribution in [0, 0.1) is 0 Å². The Balaban J connectivity index is 1.75. The third-order valence-electron chi connectivity index (χ3n) is 4.25. The summed E-state index contributed by atoms with van der Waals surface area (Å²) in [6.07, 6.45) is 1.79. The lowest BCUT2D eigenvalue weighted by Crippen LogP contribution is -1.99. The third kappa shape index (κ3) is 3.61. The highest BCUT2D eigenvalue weighted by Crippen LogP contribution is 2.40. The predicted molar refractivity (Wildman–Crippen MR) is 112 cm³/mol. The highest BCUT2D eigenvalue weighted by Gasteiger charge is 2.18. The van der Waals surface area contributed by atoms with Crippen LogP contribution in [0.4, 0.5) is 0 Å². The molecule has 0 aliphatic carbocycles. The number of hydrogen-bond donors (Lipinski definition) is 1. The molecule has 2 aromatic carbocycles. The minimum Gasteiger partial charge on any atom is -0.497 e. The number of nitrogens with zero attached hydrogens (tertiary/aromatic N) is 2. The Hall–Kier alpha value is -2.47. The van der Waals surface area contributed by atoms with Gasteiger partial charge in [0.25, 0.3) is 0 Å². The van der Waals surface area contributed by atoms with Crippen LogP contribution in [0.5, 0.6) is 11.6 Å². The molecule has 0 radical (unpaired) electrons. The van der Waals surface area contributed by atoms with E-state index in [2.05, 4.69) is 15.0 Å². The maximum atomic E-state index is 6.40. The Kier molecular flexibility index (Phi) is 5.31. The number of rotatable bonds is 5. The van der Waals surface area contributed by atoms with Gasteiger partial charge >= 0.3 is 0 Å². The lowest BCUT2D eigenvalue weighted by atomic mass is 10.1. The summed E-state index contributed by atoms with van der Waals surface area (Å²) in [6.45, 7) is 0.306. The molecule has 0 atom stereocenters. The van der Waals surface area contributed by atoms with Gasteiger partial charge in [-0.25, -0.2) is 0 Å². The van der Waals surface area contributed by atoms with Crippen LogP contribution in [0.3, 0.4) is 0 Å². The van der Waals surface area contributed by atoms with Crippen LogP contribution in [0.15, 0.2) is 48.7 Å². The van der Waals surface area contributed by atoms with Gasteiger partial charge < -0.3 is 14.5 Å². The molecule has 0 amide bonds. The molecule has 2 heterocycles. The van der Waals surface area contributed by atoms with Gasteiger partial charge in [-0.15, -0.1) is 0 Å². The molecule has 0 saturated heterocycles. The molecule has 1 N–H and O–H groups in total. The van der Waals surface area contributed by atoms with E-state index < -0.39 is 0 Å². The van der Waals surface area contributed by atoms with Crippen LogP contribution >= 0.6 is 34.8 Å². The second-order valence-corrected chi connectivity index (χ2v) is 7.09. The molecule has 8 heteroatoms. The van der Waals surface area contributed by atoms with E-state index in [1.165, 1.54) is 0 Å². The monoisotopic (exact) mass is 433 g/mol.